The van der Waals surface area contributed by atoms with Gasteiger partial charge >= 0.3 is 0 Å². The first kappa shape index (κ1) is 20.8. The third kappa shape index (κ3) is 5.13. The zero-order valence-corrected chi connectivity index (χ0v) is 17.1. The van der Waals surface area contributed by atoms with Crippen molar-refractivity contribution in [3.05, 3.63) is 65.0 Å². The Morgan fingerprint density at radius 3 is 2.52 bits per heavy atom. The zero-order chi connectivity index (χ0) is 21.0. The van der Waals surface area contributed by atoms with Crippen molar-refractivity contribution in [3.63, 3.8) is 0 Å². The number of carbonyl (C=O) groups excluding carboxylic acids is 2. The molecule has 1 aliphatic heterocycles. The number of rotatable bonds is 6. The lowest BCUT2D eigenvalue weighted by atomic mass is 10.1. The van der Waals surface area contributed by atoms with Crippen molar-refractivity contribution < 1.29 is 18.7 Å². The van der Waals surface area contributed by atoms with Crippen LogP contribution in [0, 0.1) is 12.7 Å². The minimum Gasteiger partial charge on any atom is -0.491 e. The van der Waals surface area contributed by atoms with Crippen LogP contribution in [-0.2, 0) is 0 Å². The van der Waals surface area contributed by atoms with Gasteiger partial charge in [0.05, 0.1) is 6.04 Å². The Kier molecular flexibility index (Phi) is 6.52. The second-order valence-electron chi connectivity index (χ2n) is 7.72. The molecule has 2 aromatic carbocycles. The number of likely N-dealkylation sites (tertiary alicyclic amines) is 1. The van der Waals surface area contributed by atoms with Gasteiger partial charge in [-0.15, -0.1) is 0 Å². The number of nitrogens with one attached hydrogen (secondary N) is 1. The van der Waals surface area contributed by atoms with Crippen LogP contribution in [-0.4, -0.2) is 41.9 Å². The van der Waals surface area contributed by atoms with Gasteiger partial charge < -0.3 is 15.0 Å². The fourth-order valence-electron chi connectivity index (χ4n) is 3.41. The molecular formula is C23H27FN2O3. The Bertz CT molecular complexity index is 880. The highest BCUT2D eigenvalue weighted by Crippen LogP contribution is 2.23. The smallest absolute Gasteiger partial charge is 0.254 e. The summed E-state index contributed by atoms with van der Waals surface area (Å²) in [6.07, 6.45) is 1.73. The van der Waals surface area contributed by atoms with Gasteiger partial charge in [0.1, 0.15) is 18.2 Å². The molecule has 1 saturated heterocycles. The number of ether oxygens (including phenoxy) is 1. The highest BCUT2D eigenvalue weighted by atomic mass is 19.1. The number of amides is 2. The Balaban J connectivity index is 1.60. The van der Waals surface area contributed by atoms with Gasteiger partial charge in [-0.3, -0.25) is 9.59 Å². The highest BCUT2D eigenvalue weighted by Gasteiger charge is 2.30. The summed E-state index contributed by atoms with van der Waals surface area (Å²) >= 11 is 0. The van der Waals surface area contributed by atoms with Crippen molar-refractivity contribution in [1.29, 1.82) is 0 Å². The van der Waals surface area contributed by atoms with E-state index in [0.29, 0.717) is 35.6 Å². The van der Waals surface area contributed by atoms with Gasteiger partial charge in [-0.2, -0.15) is 0 Å². The van der Waals surface area contributed by atoms with Crippen LogP contribution in [0.3, 0.4) is 0 Å². The molecule has 0 radical (unpaired) electrons. The van der Waals surface area contributed by atoms with Crippen molar-refractivity contribution in [3.8, 4) is 5.75 Å². The maximum Gasteiger partial charge on any atom is 0.254 e. The van der Waals surface area contributed by atoms with Gasteiger partial charge in [0.25, 0.3) is 11.8 Å². The first-order valence-electron chi connectivity index (χ1n) is 9.96. The van der Waals surface area contributed by atoms with Gasteiger partial charge in [0.2, 0.25) is 0 Å². The average Bonchev–Trinajstić information content (AvgIpc) is 3.16. The molecule has 2 aromatic rings. The minimum absolute atomic E-state index is 0.0595. The summed E-state index contributed by atoms with van der Waals surface area (Å²) in [6, 6.07) is 11.6. The van der Waals surface area contributed by atoms with Crippen LogP contribution in [0.2, 0.25) is 0 Å². The van der Waals surface area contributed by atoms with Crippen LogP contribution < -0.4 is 10.1 Å². The molecule has 154 valence electrons. The number of carbonyl (C=O) groups is 2. The molecule has 0 aromatic heterocycles. The zero-order valence-electron chi connectivity index (χ0n) is 17.1. The molecular weight excluding hydrogens is 371 g/mol. The topological polar surface area (TPSA) is 58.6 Å². The molecule has 3 rings (SSSR count). The third-order valence-corrected chi connectivity index (χ3v) is 5.04. The summed E-state index contributed by atoms with van der Waals surface area (Å²) < 4.78 is 19.7. The summed E-state index contributed by atoms with van der Waals surface area (Å²) in [6.45, 7) is 6.49. The Morgan fingerprint density at radius 2 is 1.86 bits per heavy atom. The summed E-state index contributed by atoms with van der Waals surface area (Å²) in [7, 11) is 0. The SMILES string of the molecule is Cc1ccc(C(=O)N2CCC[C@H]2COc2ccc(C(=O)NC(C)C)cc2)cc1F. The maximum atomic E-state index is 13.8. The largest absolute Gasteiger partial charge is 0.491 e. The van der Waals surface area contributed by atoms with E-state index in [2.05, 4.69) is 5.32 Å². The molecule has 0 unspecified atom stereocenters. The Hall–Kier alpha value is -2.89. The van der Waals surface area contributed by atoms with E-state index in [4.69, 9.17) is 4.74 Å². The molecule has 29 heavy (non-hydrogen) atoms. The van der Waals surface area contributed by atoms with E-state index in [1.807, 2.05) is 13.8 Å². The lowest BCUT2D eigenvalue weighted by molar-refractivity contribution is 0.0690. The summed E-state index contributed by atoms with van der Waals surface area (Å²) in [5.74, 6) is -0.0173. The molecule has 1 heterocycles. The lowest BCUT2D eigenvalue weighted by Gasteiger charge is -2.25. The summed E-state index contributed by atoms with van der Waals surface area (Å²) in [5.41, 5.74) is 1.46. The highest BCUT2D eigenvalue weighted by molar-refractivity contribution is 5.95. The van der Waals surface area contributed by atoms with Crippen LogP contribution >= 0.6 is 0 Å². The van der Waals surface area contributed by atoms with Gasteiger partial charge in [-0.05, 0) is 75.6 Å². The van der Waals surface area contributed by atoms with Crippen molar-refractivity contribution >= 4 is 11.8 Å². The predicted octanol–water partition coefficient (Wildman–Crippen LogP) is 3.96. The number of hydrogen-bond donors (Lipinski definition) is 1. The van der Waals surface area contributed by atoms with E-state index in [1.54, 1.807) is 48.2 Å². The van der Waals surface area contributed by atoms with Gasteiger partial charge in [0, 0.05) is 23.7 Å². The number of hydrogen-bond acceptors (Lipinski definition) is 3. The van der Waals surface area contributed by atoms with Crippen molar-refractivity contribution in [2.24, 2.45) is 0 Å². The normalized spacial score (nSPS) is 16.2. The number of nitrogens with zero attached hydrogens (tertiary/aromatic N) is 1. The van der Waals surface area contributed by atoms with E-state index >= 15 is 0 Å². The van der Waals surface area contributed by atoms with E-state index in [-0.39, 0.29) is 29.7 Å². The second kappa shape index (κ2) is 9.07. The van der Waals surface area contributed by atoms with E-state index in [1.165, 1.54) is 6.07 Å². The number of halogens is 1. The monoisotopic (exact) mass is 398 g/mol. The summed E-state index contributed by atoms with van der Waals surface area (Å²) in [4.78, 5) is 26.6. The fourth-order valence-corrected chi connectivity index (χ4v) is 3.41. The fraction of sp³-hybridized carbons (Fsp3) is 0.391. The van der Waals surface area contributed by atoms with Crippen LogP contribution in [0.1, 0.15) is 53.0 Å². The molecule has 1 aliphatic rings. The first-order valence-corrected chi connectivity index (χ1v) is 9.96. The summed E-state index contributed by atoms with van der Waals surface area (Å²) in [5, 5.41) is 2.85. The molecule has 2 amide bonds. The standard InChI is InChI=1S/C23H27FN2O3/c1-15(2)25-22(27)17-8-10-20(11-9-17)29-14-19-5-4-12-26(19)23(28)18-7-6-16(3)21(24)13-18/h6-11,13,15,19H,4-5,12,14H2,1-3H3,(H,25,27)/t19-/m0/s1. The third-order valence-electron chi connectivity index (χ3n) is 5.04. The minimum atomic E-state index is -0.371. The molecule has 0 bridgehead atoms. The van der Waals surface area contributed by atoms with Crippen molar-refractivity contribution in [2.75, 3.05) is 13.2 Å². The quantitative estimate of drug-likeness (QED) is 0.801. The molecule has 5 nitrogen and oxygen atoms in total. The van der Waals surface area contributed by atoms with Crippen LogP contribution in [0.25, 0.3) is 0 Å². The molecule has 1 fully saturated rings. The Labute approximate surface area is 170 Å². The van der Waals surface area contributed by atoms with Gasteiger partial charge in [0.15, 0.2) is 0 Å². The molecule has 0 saturated carbocycles. The Morgan fingerprint density at radius 1 is 1.17 bits per heavy atom. The van der Waals surface area contributed by atoms with Gasteiger partial charge in [-0.1, -0.05) is 6.07 Å². The van der Waals surface area contributed by atoms with Crippen molar-refractivity contribution in [1.82, 2.24) is 10.2 Å². The van der Waals surface area contributed by atoms with E-state index < -0.39 is 0 Å². The van der Waals surface area contributed by atoms with Crippen LogP contribution in [0.15, 0.2) is 42.5 Å². The molecule has 0 aliphatic carbocycles. The van der Waals surface area contributed by atoms with Crippen LogP contribution in [0.4, 0.5) is 4.39 Å². The lowest BCUT2D eigenvalue weighted by Crippen LogP contribution is -2.39. The first-order chi connectivity index (χ1) is 13.8. The molecule has 0 spiro atoms. The maximum absolute atomic E-state index is 13.8. The van der Waals surface area contributed by atoms with Crippen LogP contribution in [0.5, 0.6) is 5.75 Å². The number of aryl methyl sites for hydroxylation is 1. The predicted molar refractivity (Wildman–Crippen MR) is 110 cm³/mol. The molecule has 1 atom stereocenters. The molecule has 1 N–H and O–H groups in total. The van der Waals surface area contributed by atoms with Crippen molar-refractivity contribution in [2.45, 2.75) is 45.7 Å². The van der Waals surface area contributed by atoms with Gasteiger partial charge in [-0.25, -0.2) is 4.39 Å². The van der Waals surface area contributed by atoms with E-state index in [9.17, 15) is 14.0 Å². The molecule has 6 heteroatoms. The second-order valence-corrected chi connectivity index (χ2v) is 7.72. The number of benzene rings is 2. The van der Waals surface area contributed by atoms with E-state index in [0.717, 1.165) is 12.8 Å². The average molecular weight is 398 g/mol.